The van der Waals surface area contributed by atoms with E-state index in [4.69, 9.17) is 10.5 Å². The van der Waals surface area contributed by atoms with Gasteiger partial charge in [0.1, 0.15) is 5.75 Å². The van der Waals surface area contributed by atoms with Crippen molar-refractivity contribution in [3.63, 3.8) is 0 Å². The summed E-state index contributed by atoms with van der Waals surface area (Å²) in [4.78, 5) is 0. The van der Waals surface area contributed by atoms with Crippen LogP contribution in [0.2, 0.25) is 0 Å². The van der Waals surface area contributed by atoms with Crippen LogP contribution in [0.15, 0.2) is 34.9 Å². The van der Waals surface area contributed by atoms with E-state index in [-0.39, 0.29) is 0 Å². The first-order valence-corrected chi connectivity index (χ1v) is 6.07. The topological polar surface area (TPSA) is 53.1 Å². The number of benzene rings is 1. The zero-order chi connectivity index (χ0) is 12.3. The van der Waals surface area contributed by atoms with Crippen molar-refractivity contribution in [2.75, 3.05) is 7.11 Å². The van der Waals surface area contributed by atoms with Crippen molar-refractivity contribution in [3.05, 3.63) is 46.2 Å². The van der Waals surface area contributed by atoms with Crippen LogP contribution in [0.1, 0.15) is 11.3 Å². The Morgan fingerprint density at radius 1 is 1.41 bits per heavy atom. The highest BCUT2D eigenvalue weighted by Gasteiger charge is 2.06. The fourth-order valence-corrected chi connectivity index (χ4v) is 2.01. The minimum Gasteiger partial charge on any atom is -0.497 e. The van der Waals surface area contributed by atoms with Crippen molar-refractivity contribution in [2.24, 2.45) is 5.73 Å². The van der Waals surface area contributed by atoms with E-state index >= 15 is 0 Å². The van der Waals surface area contributed by atoms with Crippen LogP contribution in [0.3, 0.4) is 0 Å². The first kappa shape index (κ1) is 12.1. The molecule has 0 fully saturated rings. The van der Waals surface area contributed by atoms with Crippen LogP contribution in [0.5, 0.6) is 5.75 Å². The summed E-state index contributed by atoms with van der Waals surface area (Å²) < 4.78 is 8.14. The van der Waals surface area contributed by atoms with Crippen molar-refractivity contribution >= 4 is 15.9 Å². The molecule has 0 unspecified atom stereocenters. The Balaban J connectivity index is 2.29. The molecule has 2 rings (SSSR count). The second kappa shape index (κ2) is 5.33. The smallest absolute Gasteiger partial charge is 0.119 e. The van der Waals surface area contributed by atoms with Crippen molar-refractivity contribution in [3.8, 4) is 5.75 Å². The Morgan fingerprint density at radius 3 is 2.94 bits per heavy atom. The lowest BCUT2D eigenvalue weighted by atomic mass is 10.2. The maximum Gasteiger partial charge on any atom is 0.119 e. The molecule has 2 N–H and O–H groups in total. The predicted molar refractivity (Wildman–Crippen MR) is 69.9 cm³/mol. The Bertz CT molecular complexity index is 510. The SMILES string of the molecule is COc1ccc(Br)c(Cn2nccc2CN)c1. The van der Waals surface area contributed by atoms with Crippen LogP contribution >= 0.6 is 15.9 Å². The molecular formula is C12H14BrN3O. The summed E-state index contributed by atoms with van der Waals surface area (Å²) in [6.07, 6.45) is 1.76. The second-order valence-electron chi connectivity index (χ2n) is 3.64. The summed E-state index contributed by atoms with van der Waals surface area (Å²) in [5.41, 5.74) is 7.77. The third kappa shape index (κ3) is 2.68. The van der Waals surface area contributed by atoms with Crippen molar-refractivity contribution in [2.45, 2.75) is 13.1 Å². The van der Waals surface area contributed by atoms with Gasteiger partial charge in [0.2, 0.25) is 0 Å². The summed E-state index contributed by atoms with van der Waals surface area (Å²) in [6.45, 7) is 1.17. The van der Waals surface area contributed by atoms with E-state index in [1.807, 2.05) is 28.9 Å². The summed E-state index contributed by atoms with van der Waals surface area (Å²) in [7, 11) is 1.66. The first-order valence-electron chi connectivity index (χ1n) is 5.27. The zero-order valence-corrected chi connectivity index (χ0v) is 11.1. The highest BCUT2D eigenvalue weighted by Crippen LogP contribution is 2.23. The van der Waals surface area contributed by atoms with Crippen molar-refractivity contribution in [1.82, 2.24) is 9.78 Å². The number of hydrogen-bond acceptors (Lipinski definition) is 3. The Labute approximate surface area is 109 Å². The van der Waals surface area contributed by atoms with Gasteiger partial charge in [0, 0.05) is 17.2 Å². The van der Waals surface area contributed by atoms with Gasteiger partial charge in [-0.3, -0.25) is 4.68 Å². The molecule has 1 heterocycles. The van der Waals surface area contributed by atoms with Crippen LogP contribution in [-0.4, -0.2) is 16.9 Å². The number of halogens is 1. The summed E-state index contributed by atoms with van der Waals surface area (Å²) >= 11 is 3.52. The molecule has 0 aliphatic rings. The molecule has 1 aromatic carbocycles. The Hall–Kier alpha value is -1.33. The second-order valence-corrected chi connectivity index (χ2v) is 4.50. The molecule has 2 aromatic rings. The Morgan fingerprint density at radius 2 is 2.24 bits per heavy atom. The number of nitrogens with zero attached hydrogens (tertiary/aromatic N) is 2. The molecular weight excluding hydrogens is 282 g/mol. The molecule has 5 heteroatoms. The van der Waals surface area contributed by atoms with E-state index in [0.29, 0.717) is 13.1 Å². The fraction of sp³-hybridized carbons (Fsp3) is 0.250. The van der Waals surface area contributed by atoms with E-state index < -0.39 is 0 Å². The van der Waals surface area contributed by atoms with Gasteiger partial charge in [0.25, 0.3) is 0 Å². The lowest BCUT2D eigenvalue weighted by Crippen LogP contribution is -2.10. The monoisotopic (exact) mass is 295 g/mol. The molecule has 0 aliphatic carbocycles. The normalized spacial score (nSPS) is 10.5. The lowest BCUT2D eigenvalue weighted by molar-refractivity contribution is 0.414. The zero-order valence-electron chi connectivity index (χ0n) is 9.56. The van der Waals surface area contributed by atoms with Gasteiger partial charge in [0.05, 0.1) is 19.3 Å². The average molecular weight is 296 g/mol. The molecule has 0 bridgehead atoms. The predicted octanol–water partition coefficient (Wildman–Crippen LogP) is 2.16. The molecule has 0 aliphatic heterocycles. The maximum atomic E-state index is 5.65. The van der Waals surface area contributed by atoms with Gasteiger partial charge in [-0.1, -0.05) is 15.9 Å². The quantitative estimate of drug-likeness (QED) is 0.940. The van der Waals surface area contributed by atoms with Crippen LogP contribution < -0.4 is 10.5 Å². The number of hydrogen-bond donors (Lipinski definition) is 1. The van der Waals surface area contributed by atoms with E-state index in [9.17, 15) is 0 Å². The standard InChI is InChI=1S/C12H14BrN3O/c1-17-11-2-3-12(13)9(6-11)8-16-10(7-14)4-5-15-16/h2-6H,7-8,14H2,1H3. The Kier molecular flexibility index (Phi) is 3.81. The van der Waals surface area contributed by atoms with Gasteiger partial charge in [-0.2, -0.15) is 5.10 Å². The number of rotatable bonds is 4. The molecule has 17 heavy (non-hydrogen) atoms. The molecule has 90 valence electrons. The van der Waals surface area contributed by atoms with Crippen molar-refractivity contribution < 1.29 is 4.74 Å². The minimum absolute atomic E-state index is 0.488. The number of methoxy groups -OCH3 is 1. The van der Waals surface area contributed by atoms with E-state index in [2.05, 4.69) is 21.0 Å². The largest absolute Gasteiger partial charge is 0.497 e. The highest BCUT2D eigenvalue weighted by molar-refractivity contribution is 9.10. The fourth-order valence-electron chi connectivity index (χ4n) is 1.64. The molecule has 0 atom stereocenters. The number of ether oxygens (including phenoxy) is 1. The molecule has 0 spiro atoms. The van der Waals surface area contributed by atoms with Crippen LogP contribution in [0, 0.1) is 0 Å². The van der Waals surface area contributed by atoms with Gasteiger partial charge in [-0.15, -0.1) is 0 Å². The van der Waals surface area contributed by atoms with Gasteiger partial charge < -0.3 is 10.5 Å². The molecule has 0 amide bonds. The van der Waals surface area contributed by atoms with E-state index in [1.165, 1.54) is 0 Å². The van der Waals surface area contributed by atoms with Gasteiger partial charge in [0.15, 0.2) is 0 Å². The molecule has 0 radical (unpaired) electrons. The minimum atomic E-state index is 0.488. The van der Waals surface area contributed by atoms with Gasteiger partial charge in [-0.05, 0) is 29.8 Å². The van der Waals surface area contributed by atoms with Gasteiger partial charge >= 0.3 is 0 Å². The lowest BCUT2D eigenvalue weighted by Gasteiger charge is -2.09. The van der Waals surface area contributed by atoms with Crippen LogP contribution in [0.4, 0.5) is 0 Å². The van der Waals surface area contributed by atoms with Gasteiger partial charge in [-0.25, -0.2) is 0 Å². The summed E-state index contributed by atoms with van der Waals surface area (Å²) in [5, 5.41) is 4.25. The van der Waals surface area contributed by atoms with E-state index in [1.54, 1.807) is 13.3 Å². The third-order valence-corrected chi connectivity index (χ3v) is 3.36. The molecule has 4 nitrogen and oxygen atoms in total. The summed E-state index contributed by atoms with van der Waals surface area (Å²) in [5.74, 6) is 0.838. The molecule has 0 saturated carbocycles. The van der Waals surface area contributed by atoms with Crippen molar-refractivity contribution in [1.29, 1.82) is 0 Å². The molecule has 1 aromatic heterocycles. The maximum absolute atomic E-state index is 5.65. The number of nitrogens with two attached hydrogens (primary N) is 1. The van der Waals surface area contributed by atoms with E-state index in [0.717, 1.165) is 21.5 Å². The third-order valence-electron chi connectivity index (χ3n) is 2.59. The molecule has 0 saturated heterocycles. The highest BCUT2D eigenvalue weighted by atomic mass is 79.9. The van der Waals surface area contributed by atoms with Crippen LogP contribution in [0.25, 0.3) is 0 Å². The number of aromatic nitrogens is 2. The summed E-state index contributed by atoms with van der Waals surface area (Å²) in [6, 6.07) is 7.81. The first-order chi connectivity index (χ1) is 8.24. The van der Waals surface area contributed by atoms with Crippen LogP contribution in [-0.2, 0) is 13.1 Å². The average Bonchev–Trinajstić information content (AvgIpc) is 2.79.